The van der Waals surface area contributed by atoms with E-state index in [0.29, 0.717) is 6.54 Å². The van der Waals surface area contributed by atoms with Crippen LogP contribution in [0.5, 0.6) is 0 Å². The molecule has 13 heavy (non-hydrogen) atoms. The molecule has 0 saturated carbocycles. The molecule has 4 heteroatoms. The molecule has 1 aromatic rings. The van der Waals surface area contributed by atoms with Crippen LogP contribution in [0.3, 0.4) is 0 Å². The van der Waals surface area contributed by atoms with E-state index < -0.39 is 5.97 Å². The first-order valence-electron chi connectivity index (χ1n) is 3.76. The van der Waals surface area contributed by atoms with Gasteiger partial charge in [-0.25, -0.2) is 4.79 Å². The highest BCUT2D eigenvalue weighted by Gasteiger charge is 1.93. The first-order chi connectivity index (χ1) is 6.22. The summed E-state index contributed by atoms with van der Waals surface area (Å²) in [6.07, 6.45) is 7.64. The van der Waals surface area contributed by atoms with E-state index in [1.807, 2.05) is 0 Å². The minimum Gasteiger partial charge on any atom is -0.478 e. The zero-order valence-corrected chi connectivity index (χ0v) is 7.05. The van der Waals surface area contributed by atoms with Crippen molar-refractivity contribution in [2.45, 2.75) is 6.54 Å². The molecule has 0 unspecified atom stereocenters. The quantitative estimate of drug-likeness (QED) is 0.556. The summed E-state index contributed by atoms with van der Waals surface area (Å²) in [5.74, 6) is -0.962. The Bertz CT molecular complexity index is 339. The third-order valence-corrected chi connectivity index (χ3v) is 1.39. The molecule has 0 amide bonds. The van der Waals surface area contributed by atoms with Gasteiger partial charge in [0, 0.05) is 17.8 Å². The summed E-state index contributed by atoms with van der Waals surface area (Å²) < 4.78 is 1.68. The molecule has 0 aliphatic heterocycles. The van der Waals surface area contributed by atoms with Gasteiger partial charge in [-0.15, -0.1) is 6.58 Å². The molecule has 0 fully saturated rings. The molecule has 0 aliphatic carbocycles. The van der Waals surface area contributed by atoms with Crippen LogP contribution in [0.25, 0.3) is 6.08 Å². The average molecular weight is 178 g/mol. The standard InChI is InChI=1S/C9H10N2O2/c1-2-5-11-7-8(6-10-11)3-4-9(12)13/h2-4,6-7H,1,5H2,(H,12,13). The van der Waals surface area contributed by atoms with Crippen molar-refractivity contribution in [2.24, 2.45) is 0 Å². The Morgan fingerprint density at radius 3 is 3.15 bits per heavy atom. The summed E-state index contributed by atoms with van der Waals surface area (Å²) in [4.78, 5) is 10.2. The Morgan fingerprint density at radius 1 is 1.77 bits per heavy atom. The fourth-order valence-corrected chi connectivity index (χ4v) is 0.865. The highest BCUT2D eigenvalue weighted by molar-refractivity contribution is 5.85. The van der Waals surface area contributed by atoms with Crippen LogP contribution in [0.15, 0.2) is 31.1 Å². The van der Waals surface area contributed by atoms with Crippen molar-refractivity contribution >= 4 is 12.0 Å². The average Bonchev–Trinajstić information content (AvgIpc) is 2.50. The van der Waals surface area contributed by atoms with Crippen molar-refractivity contribution < 1.29 is 9.90 Å². The van der Waals surface area contributed by atoms with E-state index in [-0.39, 0.29) is 0 Å². The van der Waals surface area contributed by atoms with Gasteiger partial charge in [-0.1, -0.05) is 6.08 Å². The van der Waals surface area contributed by atoms with Crippen LogP contribution in [0.1, 0.15) is 5.56 Å². The van der Waals surface area contributed by atoms with E-state index in [1.54, 1.807) is 23.2 Å². The predicted molar refractivity (Wildman–Crippen MR) is 49.1 cm³/mol. The molecule has 0 atom stereocenters. The molecular formula is C9H10N2O2. The second-order valence-corrected chi connectivity index (χ2v) is 2.46. The number of carboxylic acid groups (broad SMARTS) is 1. The van der Waals surface area contributed by atoms with Crippen LogP contribution < -0.4 is 0 Å². The maximum absolute atomic E-state index is 10.2. The summed E-state index contributed by atoms with van der Waals surface area (Å²) >= 11 is 0. The van der Waals surface area contributed by atoms with Crippen molar-refractivity contribution in [3.05, 3.63) is 36.7 Å². The normalized spacial score (nSPS) is 10.5. The van der Waals surface area contributed by atoms with E-state index >= 15 is 0 Å². The molecule has 0 radical (unpaired) electrons. The molecular weight excluding hydrogens is 168 g/mol. The number of allylic oxidation sites excluding steroid dienone is 1. The first kappa shape index (κ1) is 9.25. The third-order valence-electron chi connectivity index (χ3n) is 1.39. The Hall–Kier alpha value is -1.84. The lowest BCUT2D eigenvalue weighted by atomic mass is 10.3. The summed E-state index contributed by atoms with van der Waals surface area (Å²) in [5.41, 5.74) is 0.768. The number of carboxylic acids is 1. The van der Waals surface area contributed by atoms with E-state index in [0.717, 1.165) is 11.6 Å². The van der Waals surface area contributed by atoms with Gasteiger partial charge < -0.3 is 5.11 Å². The third kappa shape index (κ3) is 2.94. The van der Waals surface area contributed by atoms with Crippen molar-refractivity contribution in [3.8, 4) is 0 Å². The molecule has 1 N–H and O–H groups in total. The zero-order valence-electron chi connectivity index (χ0n) is 7.05. The maximum Gasteiger partial charge on any atom is 0.328 e. The highest BCUT2D eigenvalue weighted by atomic mass is 16.4. The largest absolute Gasteiger partial charge is 0.478 e. The smallest absolute Gasteiger partial charge is 0.328 e. The number of aliphatic carboxylic acids is 1. The van der Waals surface area contributed by atoms with Crippen molar-refractivity contribution in [1.82, 2.24) is 9.78 Å². The molecule has 1 heterocycles. The van der Waals surface area contributed by atoms with Gasteiger partial charge >= 0.3 is 5.97 Å². The lowest BCUT2D eigenvalue weighted by Gasteiger charge is -1.90. The van der Waals surface area contributed by atoms with Crippen molar-refractivity contribution in [3.63, 3.8) is 0 Å². The Balaban J connectivity index is 2.68. The van der Waals surface area contributed by atoms with Crippen LogP contribution in [-0.2, 0) is 11.3 Å². The van der Waals surface area contributed by atoms with Gasteiger partial charge in [0.05, 0.1) is 12.7 Å². The second-order valence-electron chi connectivity index (χ2n) is 2.46. The fourth-order valence-electron chi connectivity index (χ4n) is 0.865. The van der Waals surface area contributed by atoms with E-state index in [9.17, 15) is 4.79 Å². The molecule has 68 valence electrons. The lowest BCUT2D eigenvalue weighted by Crippen LogP contribution is -1.93. The molecule has 0 aliphatic rings. The number of carbonyl (C=O) groups is 1. The molecule has 0 spiro atoms. The van der Waals surface area contributed by atoms with Crippen LogP contribution in [0, 0.1) is 0 Å². The lowest BCUT2D eigenvalue weighted by molar-refractivity contribution is -0.131. The Labute approximate surface area is 75.8 Å². The topological polar surface area (TPSA) is 55.1 Å². The first-order valence-corrected chi connectivity index (χ1v) is 3.76. The predicted octanol–water partition coefficient (Wildman–Crippen LogP) is 1.17. The summed E-state index contributed by atoms with van der Waals surface area (Å²) in [6, 6.07) is 0. The van der Waals surface area contributed by atoms with Crippen LogP contribution in [0.4, 0.5) is 0 Å². The number of aromatic nitrogens is 2. The van der Waals surface area contributed by atoms with Gasteiger partial charge in [0.2, 0.25) is 0 Å². The van der Waals surface area contributed by atoms with Crippen molar-refractivity contribution in [2.75, 3.05) is 0 Å². The van der Waals surface area contributed by atoms with E-state index in [1.165, 1.54) is 6.08 Å². The van der Waals surface area contributed by atoms with E-state index in [2.05, 4.69) is 11.7 Å². The summed E-state index contributed by atoms with van der Waals surface area (Å²) in [5, 5.41) is 12.3. The Kier molecular flexibility index (Phi) is 3.03. The molecule has 4 nitrogen and oxygen atoms in total. The van der Waals surface area contributed by atoms with Crippen molar-refractivity contribution in [1.29, 1.82) is 0 Å². The summed E-state index contributed by atoms with van der Waals surface area (Å²) in [7, 11) is 0. The molecule has 1 aromatic heterocycles. The molecule has 0 saturated heterocycles. The SMILES string of the molecule is C=CCn1cc(C=CC(=O)O)cn1. The molecule has 0 aromatic carbocycles. The summed E-state index contributed by atoms with van der Waals surface area (Å²) in [6.45, 7) is 4.19. The van der Waals surface area contributed by atoms with Gasteiger partial charge in [0.25, 0.3) is 0 Å². The van der Waals surface area contributed by atoms with Gasteiger partial charge in [-0.2, -0.15) is 5.10 Å². The zero-order chi connectivity index (χ0) is 9.68. The minimum atomic E-state index is -0.962. The molecule has 0 bridgehead atoms. The van der Waals surface area contributed by atoms with Gasteiger partial charge in [-0.05, 0) is 6.08 Å². The van der Waals surface area contributed by atoms with Crippen LogP contribution in [-0.4, -0.2) is 20.9 Å². The monoisotopic (exact) mass is 178 g/mol. The Morgan fingerprint density at radius 2 is 2.54 bits per heavy atom. The highest BCUT2D eigenvalue weighted by Crippen LogP contribution is 2.00. The fraction of sp³-hybridized carbons (Fsp3) is 0.111. The maximum atomic E-state index is 10.2. The number of hydrogen-bond donors (Lipinski definition) is 1. The van der Waals surface area contributed by atoms with Gasteiger partial charge in [0.15, 0.2) is 0 Å². The second kappa shape index (κ2) is 4.25. The van der Waals surface area contributed by atoms with Crippen LogP contribution >= 0.6 is 0 Å². The number of hydrogen-bond acceptors (Lipinski definition) is 2. The van der Waals surface area contributed by atoms with Crippen LogP contribution in [0.2, 0.25) is 0 Å². The van der Waals surface area contributed by atoms with Gasteiger partial charge in [-0.3, -0.25) is 4.68 Å². The van der Waals surface area contributed by atoms with Gasteiger partial charge in [0.1, 0.15) is 0 Å². The molecule has 1 rings (SSSR count). The minimum absolute atomic E-state index is 0.626. The van der Waals surface area contributed by atoms with E-state index in [4.69, 9.17) is 5.11 Å². The number of nitrogens with zero attached hydrogens (tertiary/aromatic N) is 2. The number of rotatable bonds is 4.